The molecule has 1 saturated carbocycles. The number of nitro groups is 1. The summed E-state index contributed by atoms with van der Waals surface area (Å²) in [6.45, 7) is -0.0864. The monoisotopic (exact) mass is 468 g/mol. The summed E-state index contributed by atoms with van der Waals surface area (Å²) < 4.78 is 42.0. The van der Waals surface area contributed by atoms with Gasteiger partial charge in [-0.3, -0.25) is 10.1 Å². The Morgan fingerprint density at radius 2 is 1.88 bits per heavy atom. The Labute approximate surface area is 189 Å². The summed E-state index contributed by atoms with van der Waals surface area (Å²) in [7, 11) is 4.08. The lowest BCUT2D eigenvalue weighted by molar-refractivity contribution is -0.385. The van der Waals surface area contributed by atoms with Crippen LogP contribution in [0.1, 0.15) is 36.9 Å². The Bertz CT molecular complexity index is 978. The van der Waals surface area contributed by atoms with Crippen molar-refractivity contribution in [3.63, 3.8) is 0 Å². The molecule has 3 N–H and O–H groups in total. The number of nitrogens with one attached hydrogen (secondary N) is 1. The minimum Gasteiger partial charge on any atom is -0.405 e. The predicted molar refractivity (Wildman–Crippen MR) is 117 cm³/mol. The van der Waals surface area contributed by atoms with Crippen LogP contribution >= 0.6 is 0 Å². The van der Waals surface area contributed by atoms with E-state index in [9.17, 15) is 23.3 Å². The van der Waals surface area contributed by atoms with E-state index < -0.39 is 11.3 Å². The number of nitrogens with two attached hydrogens (primary N) is 1. The maximum Gasteiger partial charge on any atom is 0.573 e. The Morgan fingerprint density at radius 1 is 1.21 bits per heavy atom. The zero-order valence-corrected chi connectivity index (χ0v) is 18.4. The fourth-order valence-electron chi connectivity index (χ4n) is 4.13. The number of nitrogen functional groups attached to an aromatic ring is 1. The number of nitrogens with zero attached hydrogens (tertiary/aromatic N) is 4. The van der Waals surface area contributed by atoms with Crippen molar-refractivity contribution in [3.05, 3.63) is 45.6 Å². The topological polar surface area (TPSA) is 119 Å². The molecule has 0 radical (unpaired) electrons. The molecule has 0 bridgehead atoms. The predicted octanol–water partition coefficient (Wildman–Crippen LogP) is 4.14. The van der Waals surface area contributed by atoms with Gasteiger partial charge in [-0.2, -0.15) is 4.98 Å². The summed E-state index contributed by atoms with van der Waals surface area (Å²) in [5.41, 5.74) is 5.98. The first-order valence-corrected chi connectivity index (χ1v) is 10.6. The van der Waals surface area contributed by atoms with Crippen molar-refractivity contribution >= 4 is 17.5 Å². The van der Waals surface area contributed by atoms with Gasteiger partial charge in [-0.15, -0.1) is 13.2 Å². The van der Waals surface area contributed by atoms with Crippen molar-refractivity contribution in [1.82, 2.24) is 14.9 Å². The van der Waals surface area contributed by atoms with E-state index in [0.717, 1.165) is 25.7 Å². The van der Waals surface area contributed by atoms with Crippen LogP contribution in [0.3, 0.4) is 0 Å². The van der Waals surface area contributed by atoms with Crippen LogP contribution in [0.25, 0.3) is 0 Å². The molecule has 1 aliphatic rings. The van der Waals surface area contributed by atoms with Gasteiger partial charge in [0.1, 0.15) is 11.4 Å². The summed E-state index contributed by atoms with van der Waals surface area (Å²) in [5, 5.41) is 14.4. The van der Waals surface area contributed by atoms with Gasteiger partial charge in [0, 0.05) is 18.2 Å². The summed E-state index contributed by atoms with van der Waals surface area (Å²) in [4.78, 5) is 21.4. The zero-order valence-electron chi connectivity index (χ0n) is 18.4. The van der Waals surface area contributed by atoms with Crippen molar-refractivity contribution in [3.8, 4) is 5.75 Å². The van der Waals surface area contributed by atoms with Gasteiger partial charge in [0.05, 0.1) is 4.92 Å². The second-order valence-corrected chi connectivity index (χ2v) is 8.34. The number of para-hydroxylation sites is 1. The number of rotatable bonds is 8. The normalized spacial score (nSPS) is 18.8. The number of hydrogen-bond acceptors (Lipinski definition) is 8. The molecule has 0 spiro atoms. The molecule has 1 aliphatic carbocycles. The van der Waals surface area contributed by atoms with E-state index in [-0.39, 0.29) is 46.9 Å². The lowest BCUT2D eigenvalue weighted by atomic mass is 9.83. The second-order valence-electron chi connectivity index (χ2n) is 8.34. The van der Waals surface area contributed by atoms with Crippen LogP contribution in [0.4, 0.5) is 30.6 Å². The number of halogens is 3. The van der Waals surface area contributed by atoms with Gasteiger partial charge in [0.2, 0.25) is 11.8 Å². The van der Waals surface area contributed by atoms with E-state index in [0.29, 0.717) is 12.5 Å². The molecule has 0 amide bonds. The summed E-state index contributed by atoms with van der Waals surface area (Å²) >= 11 is 0. The molecule has 0 aliphatic heterocycles. The maximum atomic E-state index is 12.7. The van der Waals surface area contributed by atoms with Gasteiger partial charge < -0.3 is 20.7 Å². The number of benzene rings is 1. The number of alkyl halides is 3. The third-order valence-corrected chi connectivity index (χ3v) is 5.83. The minimum absolute atomic E-state index is 0.0110. The van der Waals surface area contributed by atoms with Crippen molar-refractivity contribution in [2.24, 2.45) is 5.92 Å². The molecule has 0 atom stereocenters. The fourth-order valence-corrected chi connectivity index (χ4v) is 4.13. The van der Waals surface area contributed by atoms with Crippen molar-refractivity contribution in [1.29, 1.82) is 0 Å². The average Bonchev–Trinajstić information content (AvgIpc) is 2.72. The highest BCUT2D eigenvalue weighted by molar-refractivity contribution is 5.58. The van der Waals surface area contributed by atoms with Crippen LogP contribution in [-0.4, -0.2) is 46.3 Å². The molecule has 3 rings (SSSR count). The molecule has 0 unspecified atom stereocenters. The van der Waals surface area contributed by atoms with Gasteiger partial charge in [-0.05, 0) is 58.2 Å². The van der Waals surface area contributed by atoms with Gasteiger partial charge in [-0.25, -0.2) is 4.98 Å². The van der Waals surface area contributed by atoms with Crippen molar-refractivity contribution in [2.45, 2.75) is 51.1 Å². The van der Waals surface area contributed by atoms with Crippen molar-refractivity contribution < 1.29 is 22.8 Å². The smallest absolute Gasteiger partial charge is 0.405 e. The van der Waals surface area contributed by atoms with Crippen molar-refractivity contribution in [2.75, 3.05) is 25.1 Å². The van der Waals surface area contributed by atoms with E-state index in [1.807, 2.05) is 14.1 Å². The second kappa shape index (κ2) is 10.2. The highest BCUT2D eigenvalue weighted by atomic mass is 19.4. The van der Waals surface area contributed by atoms with Gasteiger partial charge in [0.25, 0.3) is 0 Å². The number of aromatic nitrogens is 2. The van der Waals surface area contributed by atoms with E-state index in [1.54, 1.807) is 6.07 Å². The van der Waals surface area contributed by atoms with Gasteiger partial charge in [-0.1, -0.05) is 18.2 Å². The summed E-state index contributed by atoms with van der Waals surface area (Å²) in [6, 6.07) is 6.15. The first kappa shape index (κ1) is 24.5. The van der Waals surface area contributed by atoms with E-state index in [2.05, 4.69) is 24.9 Å². The average molecular weight is 468 g/mol. The van der Waals surface area contributed by atoms with Gasteiger partial charge in [0.15, 0.2) is 0 Å². The van der Waals surface area contributed by atoms with Gasteiger partial charge >= 0.3 is 12.0 Å². The Balaban J connectivity index is 1.77. The molecule has 1 fully saturated rings. The molecule has 2 aromatic rings. The minimum atomic E-state index is -4.83. The number of hydrogen-bond donors (Lipinski definition) is 2. The largest absolute Gasteiger partial charge is 0.573 e. The number of anilines is 2. The van der Waals surface area contributed by atoms with E-state index in [4.69, 9.17) is 5.73 Å². The van der Waals surface area contributed by atoms with Crippen LogP contribution in [-0.2, 0) is 13.0 Å². The molecule has 9 nitrogen and oxygen atoms in total. The third kappa shape index (κ3) is 6.67. The Morgan fingerprint density at radius 3 is 2.48 bits per heavy atom. The lowest BCUT2D eigenvalue weighted by Crippen LogP contribution is -2.32. The quantitative estimate of drug-likeness (QED) is 0.438. The molecule has 180 valence electrons. The lowest BCUT2D eigenvalue weighted by Gasteiger charge is -2.32. The molecule has 0 saturated heterocycles. The van der Waals surface area contributed by atoms with E-state index >= 15 is 0 Å². The first-order chi connectivity index (χ1) is 15.5. The van der Waals surface area contributed by atoms with Crippen LogP contribution in [0.2, 0.25) is 0 Å². The van der Waals surface area contributed by atoms with Crippen LogP contribution in [0.15, 0.2) is 24.3 Å². The molecule has 1 heterocycles. The summed E-state index contributed by atoms with van der Waals surface area (Å²) in [5.74, 6) is -0.403. The molecule has 1 aromatic heterocycles. The molecule has 33 heavy (non-hydrogen) atoms. The zero-order chi connectivity index (χ0) is 24.2. The molecule has 12 heteroatoms. The fraction of sp³-hybridized carbons (Fsp3) is 0.524. The Hall–Kier alpha value is -3.15. The number of ether oxygens (including phenoxy) is 1. The maximum absolute atomic E-state index is 12.7. The van der Waals surface area contributed by atoms with Crippen LogP contribution in [0, 0.1) is 16.0 Å². The Kier molecular flexibility index (Phi) is 7.57. The first-order valence-electron chi connectivity index (χ1n) is 10.6. The van der Waals surface area contributed by atoms with E-state index in [1.165, 1.54) is 18.2 Å². The molecule has 1 aromatic carbocycles. The summed E-state index contributed by atoms with van der Waals surface area (Å²) in [6.07, 6.45) is -0.640. The van der Waals surface area contributed by atoms with Crippen LogP contribution in [0.5, 0.6) is 5.75 Å². The highest BCUT2D eigenvalue weighted by Gasteiger charge is 2.32. The molecular formula is C21H27F3N6O3. The molecular weight excluding hydrogens is 441 g/mol. The van der Waals surface area contributed by atoms with Crippen LogP contribution < -0.4 is 15.8 Å². The highest BCUT2D eigenvalue weighted by Crippen LogP contribution is 2.33. The third-order valence-electron chi connectivity index (χ3n) is 5.83. The standard InChI is InChI=1S/C21H27F3N6O3/c1-29(2)15-9-7-13(8-10-15)11-16-18(30(31)32)19(25)28-20(27-16)26-12-14-5-3-4-6-17(14)33-21(22,23)24/h3-6,13,15H,7-12H2,1-2H3,(H3,25,26,27,28)/t13-,15-. The SMILES string of the molecule is CN(C)[C@H]1CC[C@H](Cc2nc(NCc3ccccc3OC(F)(F)F)nc(N)c2[N+](=O)[O-])CC1.